The Morgan fingerprint density at radius 3 is 2.57 bits per heavy atom. The standard InChI is InChI=1S/C18H18BrNS/c1-3-20-17(18-12(2)8-9-21-18)15-5-4-14-11-16(19)7-6-13(14)10-15/h4-11,17,20H,3H2,1-2H3. The molecular formula is C18H18BrNS. The lowest BCUT2D eigenvalue weighted by Gasteiger charge is -2.19. The molecule has 1 unspecified atom stereocenters. The summed E-state index contributed by atoms with van der Waals surface area (Å²) in [6, 6.07) is 15.7. The van der Waals surface area contributed by atoms with E-state index < -0.39 is 0 Å². The lowest BCUT2D eigenvalue weighted by molar-refractivity contribution is 0.638. The molecule has 21 heavy (non-hydrogen) atoms. The van der Waals surface area contributed by atoms with Crippen molar-refractivity contribution in [3.05, 3.63) is 68.3 Å². The Morgan fingerprint density at radius 2 is 1.86 bits per heavy atom. The SMILES string of the molecule is CCNC(c1ccc2cc(Br)ccc2c1)c1sccc1C. The van der Waals surface area contributed by atoms with Gasteiger partial charge in [0, 0.05) is 9.35 Å². The number of hydrogen-bond acceptors (Lipinski definition) is 2. The molecule has 1 nitrogen and oxygen atoms in total. The maximum absolute atomic E-state index is 3.62. The summed E-state index contributed by atoms with van der Waals surface area (Å²) in [5.41, 5.74) is 2.69. The molecule has 3 aromatic rings. The average molecular weight is 360 g/mol. The summed E-state index contributed by atoms with van der Waals surface area (Å²) in [6.07, 6.45) is 0. The third kappa shape index (κ3) is 3.05. The molecule has 0 bridgehead atoms. The molecule has 3 rings (SSSR count). The van der Waals surface area contributed by atoms with Gasteiger partial charge in [0.2, 0.25) is 0 Å². The maximum atomic E-state index is 3.62. The summed E-state index contributed by atoms with van der Waals surface area (Å²) < 4.78 is 1.13. The van der Waals surface area contributed by atoms with Crippen LogP contribution in [-0.4, -0.2) is 6.54 Å². The fourth-order valence-corrected chi connectivity index (χ4v) is 4.07. The Balaban J connectivity index is 2.07. The van der Waals surface area contributed by atoms with Crippen molar-refractivity contribution in [1.82, 2.24) is 5.32 Å². The van der Waals surface area contributed by atoms with E-state index in [4.69, 9.17) is 0 Å². The monoisotopic (exact) mass is 359 g/mol. The fraction of sp³-hybridized carbons (Fsp3) is 0.222. The van der Waals surface area contributed by atoms with Gasteiger partial charge in [0.05, 0.1) is 6.04 Å². The molecule has 3 heteroatoms. The summed E-state index contributed by atoms with van der Waals surface area (Å²) >= 11 is 5.37. The number of aryl methyl sites for hydroxylation is 1. The zero-order chi connectivity index (χ0) is 14.8. The van der Waals surface area contributed by atoms with Gasteiger partial charge in [-0.1, -0.05) is 41.1 Å². The molecule has 0 fully saturated rings. The van der Waals surface area contributed by atoms with Crippen LogP contribution in [0.2, 0.25) is 0 Å². The van der Waals surface area contributed by atoms with Gasteiger partial charge in [-0.2, -0.15) is 0 Å². The van der Waals surface area contributed by atoms with Gasteiger partial charge in [-0.25, -0.2) is 0 Å². The number of rotatable bonds is 4. The van der Waals surface area contributed by atoms with Gasteiger partial charge in [0.1, 0.15) is 0 Å². The number of halogens is 1. The van der Waals surface area contributed by atoms with Gasteiger partial charge in [-0.15, -0.1) is 11.3 Å². The minimum atomic E-state index is 0.281. The molecule has 0 aliphatic carbocycles. The molecule has 2 aromatic carbocycles. The zero-order valence-electron chi connectivity index (χ0n) is 12.2. The highest BCUT2D eigenvalue weighted by atomic mass is 79.9. The van der Waals surface area contributed by atoms with Crippen molar-refractivity contribution in [2.75, 3.05) is 6.54 Å². The molecule has 1 N–H and O–H groups in total. The topological polar surface area (TPSA) is 12.0 Å². The molecule has 0 spiro atoms. The van der Waals surface area contributed by atoms with Crippen molar-refractivity contribution < 1.29 is 0 Å². The first-order valence-corrected chi connectivity index (χ1v) is 8.83. The number of benzene rings is 2. The lowest BCUT2D eigenvalue weighted by Crippen LogP contribution is -2.21. The van der Waals surface area contributed by atoms with Crippen LogP contribution in [0.15, 0.2) is 52.3 Å². The van der Waals surface area contributed by atoms with Crippen LogP contribution >= 0.6 is 27.3 Å². The van der Waals surface area contributed by atoms with Gasteiger partial charge in [-0.3, -0.25) is 0 Å². The summed E-state index contributed by atoms with van der Waals surface area (Å²) in [7, 11) is 0. The van der Waals surface area contributed by atoms with Gasteiger partial charge in [0.25, 0.3) is 0 Å². The van der Waals surface area contributed by atoms with Crippen LogP contribution in [0.3, 0.4) is 0 Å². The number of thiophene rings is 1. The van der Waals surface area contributed by atoms with E-state index in [1.807, 2.05) is 11.3 Å². The van der Waals surface area contributed by atoms with Crippen LogP contribution in [0.4, 0.5) is 0 Å². The highest BCUT2D eigenvalue weighted by molar-refractivity contribution is 9.10. The molecule has 1 atom stereocenters. The first-order chi connectivity index (χ1) is 10.2. The van der Waals surface area contributed by atoms with Crippen molar-refractivity contribution >= 4 is 38.0 Å². The highest BCUT2D eigenvalue weighted by Crippen LogP contribution is 2.31. The van der Waals surface area contributed by atoms with E-state index in [0.29, 0.717) is 0 Å². The summed E-state index contributed by atoms with van der Waals surface area (Å²) in [6.45, 7) is 5.31. The quantitative estimate of drug-likeness (QED) is 0.632. The van der Waals surface area contributed by atoms with E-state index in [1.165, 1.54) is 26.8 Å². The maximum Gasteiger partial charge on any atom is 0.0673 e. The molecule has 0 amide bonds. The minimum Gasteiger partial charge on any atom is -0.306 e. The Kier molecular flexibility index (Phi) is 4.43. The van der Waals surface area contributed by atoms with Crippen LogP contribution < -0.4 is 5.32 Å². The third-order valence-electron chi connectivity index (χ3n) is 3.73. The molecule has 108 valence electrons. The Hall–Kier alpha value is -1.16. The normalized spacial score (nSPS) is 12.7. The third-order valence-corrected chi connectivity index (χ3v) is 5.31. The van der Waals surface area contributed by atoms with Crippen LogP contribution in [0.5, 0.6) is 0 Å². The van der Waals surface area contributed by atoms with Gasteiger partial charge >= 0.3 is 0 Å². The molecule has 0 aliphatic heterocycles. The Labute approximate surface area is 138 Å². The minimum absolute atomic E-state index is 0.281. The highest BCUT2D eigenvalue weighted by Gasteiger charge is 2.16. The first kappa shape index (κ1) is 14.8. The van der Waals surface area contributed by atoms with E-state index >= 15 is 0 Å². The molecule has 0 radical (unpaired) electrons. The van der Waals surface area contributed by atoms with Crippen LogP contribution in [0.25, 0.3) is 10.8 Å². The second-order valence-electron chi connectivity index (χ2n) is 5.21. The molecule has 1 aromatic heterocycles. The molecule has 0 aliphatic rings. The number of nitrogens with one attached hydrogen (secondary N) is 1. The first-order valence-electron chi connectivity index (χ1n) is 7.15. The van der Waals surface area contributed by atoms with Crippen molar-refractivity contribution in [3.63, 3.8) is 0 Å². The van der Waals surface area contributed by atoms with Crippen molar-refractivity contribution in [2.45, 2.75) is 19.9 Å². The van der Waals surface area contributed by atoms with Crippen LogP contribution in [-0.2, 0) is 0 Å². The van der Waals surface area contributed by atoms with Crippen LogP contribution in [0, 0.1) is 6.92 Å². The van der Waals surface area contributed by atoms with E-state index in [0.717, 1.165) is 11.0 Å². The second kappa shape index (κ2) is 6.30. The van der Waals surface area contributed by atoms with Gasteiger partial charge < -0.3 is 5.32 Å². The second-order valence-corrected chi connectivity index (χ2v) is 7.07. The van der Waals surface area contributed by atoms with Crippen molar-refractivity contribution in [1.29, 1.82) is 0 Å². The van der Waals surface area contributed by atoms with E-state index in [1.54, 1.807) is 0 Å². The lowest BCUT2D eigenvalue weighted by atomic mass is 9.99. The predicted molar refractivity (Wildman–Crippen MR) is 96.2 cm³/mol. The van der Waals surface area contributed by atoms with Gasteiger partial charge in [-0.05, 0) is 65.0 Å². The Morgan fingerprint density at radius 1 is 1.10 bits per heavy atom. The summed E-state index contributed by atoms with van der Waals surface area (Å²) in [4.78, 5) is 1.41. The van der Waals surface area contributed by atoms with Crippen molar-refractivity contribution in [3.8, 4) is 0 Å². The van der Waals surface area contributed by atoms with Crippen molar-refractivity contribution in [2.24, 2.45) is 0 Å². The molecule has 1 heterocycles. The largest absolute Gasteiger partial charge is 0.306 e. The van der Waals surface area contributed by atoms with Crippen LogP contribution in [0.1, 0.15) is 29.0 Å². The van der Waals surface area contributed by atoms with E-state index in [9.17, 15) is 0 Å². The smallest absolute Gasteiger partial charge is 0.0673 e. The molecule has 0 saturated heterocycles. The average Bonchev–Trinajstić information content (AvgIpc) is 2.90. The van der Waals surface area contributed by atoms with Gasteiger partial charge in [0.15, 0.2) is 0 Å². The fourth-order valence-electron chi connectivity index (χ4n) is 2.66. The zero-order valence-corrected chi connectivity index (χ0v) is 14.6. The predicted octanol–water partition coefficient (Wildman–Crippen LogP) is 5.67. The number of hydrogen-bond donors (Lipinski definition) is 1. The summed E-state index contributed by atoms with van der Waals surface area (Å²) in [5, 5.41) is 8.35. The summed E-state index contributed by atoms with van der Waals surface area (Å²) in [5.74, 6) is 0. The molecular weight excluding hydrogens is 342 g/mol. The van der Waals surface area contributed by atoms with E-state index in [2.05, 4.69) is 82.9 Å². The van der Waals surface area contributed by atoms with E-state index in [-0.39, 0.29) is 6.04 Å². The Bertz CT molecular complexity index is 763. The number of fused-ring (bicyclic) bond motifs is 1. The molecule has 0 saturated carbocycles.